The quantitative estimate of drug-likeness (QED) is 0.770. The van der Waals surface area contributed by atoms with E-state index in [4.69, 9.17) is 5.26 Å². The van der Waals surface area contributed by atoms with Gasteiger partial charge in [-0.1, -0.05) is 13.0 Å². The highest BCUT2D eigenvalue weighted by atomic mass is 32.2. The van der Waals surface area contributed by atoms with E-state index in [-0.39, 0.29) is 17.7 Å². The van der Waals surface area contributed by atoms with Crippen molar-refractivity contribution < 1.29 is 13.9 Å². The number of halogens is 1. The number of carbonyl (C=O) groups is 1. The van der Waals surface area contributed by atoms with Gasteiger partial charge in [0.15, 0.2) is 0 Å². The van der Waals surface area contributed by atoms with Crippen molar-refractivity contribution in [2.45, 2.75) is 12.7 Å². The number of benzene rings is 1. The van der Waals surface area contributed by atoms with Gasteiger partial charge in [-0.3, -0.25) is 4.79 Å². The molecule has 1 atom stereocenters. The van der Waals surface area contributed by atoms with Crippen LogP contribution in [0, 0.1) is 23.1 Å². The largest absolute Gasteiger partial charge is 0.469 e. The molecule has 0 saturated heterocycles. The number of ether oxygens (including phenoxy) is 1. The van der Waals surface area contributed by atoms with Crippen molar-refractivity contribution in [1.82, 2.24) is 0 Å². The van der Waals surface area contributed by atoms with Crippen LogP contribution >= 0.6 is 11.8 Å². The molecule has 0 spiro atoms. The van der Waals surface area contributed by atoms with E-state index in [0.717, 1.165) is 0 Å². The number of rotatable bonds is 5. The first-order valence-electron chi connectivity index (χ1n) is 5.42. The molecule has 96 valence electrons. The molecule has 0 bridgehead atoms. The first-order chi connectivity index (χ1) is 8.58. The van der Waals surface area contributed by atoms with Gasteiger partial charge < -0.3 is 4.74 Å². The van der Waals surface area contributed by atoms with Crippen molar-refractivity contribution in [3.63, 3.8) is 0 Å². The maximum atomic E-state index is 13.5. The third-order valence-electron chi connectivity index (χ3n) is 2.41. The Morgan fingerprint density at radius 3 is 2.89 bits per heavy atom. The fraction of sp³-hybridized carbons (Fsp3) is 0.385. The first kappa shape index (κ1) is 14.5. The molecule has 0 aliphatic rings. The summed E-state index contributed by atoms with van der Waals surface area (Å²) in [6.45, 7) is 1.77. The molecule has 1 aromatic rings. The van der Waals surface area contributed by atoms with E-state index in [1.54, 1.807) is 19.1 Å². The molecule has 0 aromatic heterocycles. The van der Waals surface area contributed by atoms with Gasteiger partial charge >= 0.3 is 5.97 Å². The standard InChI is InChI=1S/C13H14FNO2S/c1-9(13(16)17-2)7-18-8-11-4-3-10(6-15)5-12(11)14/h3-5,9H,7-8H2,1-2H3/t9-/m0/s1. The molecule has 0 aliphatic carbocycles. The average Bonchev–Trinajstić information content (AvgIpc) is 2.39. The van der Waals surface area contributed by atoms with E-state index in [0.29, 0.717) is 22.6 Å². The van der Waals surface area contributed by atoms with Crippen molar-refractivity contribution in [1.29, 1.82) is 5.26 Å². The van der Waals surface area contributed by atoms with Crippen LogP contribution in [0.1, 0.15) is 18.1 Å². The third-order valence-corrected chi connectivity index (χ3v) is 3.66. The lowest BCUT2D eigenvalue weighted by Crippen LogP contribution is -2.14. The Morgan fingerprint density at radius 2 is 2.33 bits per heavy atom. The summed E-state index contributed by atoms with van der Waals surface area (Å²) in [5, 5.41) is 8.62. The molecule has 1 aromatic carbocycles. The first-order valence-corrected chi connectivity index (χ1v) is 6.58. The zero-order valence-electron chi connectivity index (χ0n) is 10.3. The second kappa shape index (κ2) is 7.02. The summed E-state index contributed by atoms with van der Waals surface area (Å²) in [5.74, 6) is 0.196. The molecular formula is C13H14FNO2S. The predicted octanol–water partition coefficient (Wildman–Crippen LogP) is 2.74. The highest BCUT2D eigenvalue weighted by Crippen LogP contribution is 2.19. The van der Waals surface area contributed by atoms with Crippen LogP contribution in [0.2, 0.25) is 0 Å². The van der Waals surface area contributed by atoms with Gasteiger partial charge in [-0.25, -0.2) is 4.39 Å². The van der Waals surface area contributed by atoms with Crippen molar-refractivity contribution >= 4 is 17.7 Å². The van der Waals surface area contributed by atoms with Crippen LogP contribution in [0.4, 0.5) is 4.39 Å². The Balaban J connectivity index is 2.50. The van der Waals surface area contributed by atoms with E-state index in [2.05, 4.69) is 4.74 Å². The molecule has 0 fully saturated rings. The van der Waals surface area contributed by atoms with E-state index in [1.807, 2.05) is 6.07 Å². The van der Waals surface area contributed by atoms with Crippen molar-refractivity contribution in [3.05, 3.63) is 35.1 Å². The van der Waals surface area contributed by atoms with Gasteiger partial charge in [0, 0.05) is 11.5 Å². The number of esters is 1. The summed E-state index contributed by atoms with van der Waals surface area (Å²) in [5.41, 5.74) is 0.847. The van der Waals surface area contributed by atoms with Gasteiger partial charge in [-0.05, 0) is 17.7 Å². The number of hydrogen-bond acceptors (Lipinski definition) is 4. The average molecular weight is 267 g/mol. The highest BCUT2D eigenvalue weighted by molar-refractivity contribution is 7.98. The fourth-order valence-electron chi connectivity index (χ4n) is 1.35. The molecule has 0 amide bonds. The van der Waals surface area contributed by atoms with Crippen LogP contribution in [0.3, 0.4) is 0 Å². The Labute approximate surface area is 110 Å². The second-order valence-electron chi connectivity index (χ2n) is 3.86. The van der Waals surface area contributed by atoms with E-state index < -0.39 is 0 Å². The summed E-state index contributed by atoms with van der Waals surface area (Å²) < 4.78 is 18.1. The van der Waals surface area contributed by atoms with E-state index in [1.165, 1.54) is 24.9 Å². The molecule has 3 nitrogen and oxygen atoms in total. The minimum atomic E-state index is -0.382. The summed E-state index contributed by atoms with van der Waals surface area (Å²) in [6.07, 6.45) is 0. The minimum Gasteiger partial charge on any atom is -0.469 e. The van der Waals surface area contributed by atoms with Crippen molar-refractivity contribution in [2.24, 2.45) is 5.92 Å². The van der Waals surface area contributed by atoms with Gasteiger partial charge in [0.05, 0.1) is 24.7 Å². The topological polar surface area (TPSA) is 50.1 Å². The normalized spacial score (nSPS) is 11.7. The Hall–Kier alpha value is -1.54. The molecule has 0 aliphatic heterocycles. The maximum absolute atomic E-state index is 13.5. The summed E-state index contributed by atoms with van der Waals surface area (Å²) in [7, 11) is 1.35. The number of nitriles is 1. The van der Waals surface area contributed by atoms with Crippen LogP contribution in [-0.2, 0) is 15.3 Å². The van der Waals surface area contributed by atoms with Crippen LogP contribution < -0.4 is 0 Å². The zero-order chi connectivity index (χ0) is 13.5. The molecule has 0 radical (unpaired) electrons. The molecule has 18 heavy (non-hydrogen) atoms. The SMILES string of the molecule is COC(=O)[C@@H](C)CSCc1ccc(C#N)cc1F. The van der Waals surface area contributed by atoms with Crippen LogP contribution in [0.15, 0.2) is 18.2 Å². The van der Waals surface area contributed by atoms with Crippen LogP contribution in [0.25, 0.3) is 0 Å². The fourth-order valence-corrected chi connectivity index (χ4v) is 2.41. The van der Waals surface area contributed by atoms with Crippen molar-refractivity contribution in [3.8, 4) is 6.07 Å². The monoisotopic (exact) mass is 267 g/mol. The van der Waals surface area contributed by atoms with Gasteiger partial charge in [-0.2, -0.15) is 17.0 Å². The number of carbonyl (C=O) groups excluding carboxylic acids is 1. The third kappa shape index (κ3) is 4.04. The molecule has 1 rings (SSSR count). The Kier molecular flexibility index (Phi) is 5.66. The minimum absolute atomic E-state index is 0.207. The van der Waals surface area contributed by atoms with Crippen LogP contribution in [0.5, 0.6) is 0 Å². The van der Waals surface area contributed by atoms with Gasteiger partial charge in [0.25, 0.3) is 0 Å². The van der Waals surface area contributed by atoms with Crippen molar-refractivity contribution in [2.75, 3.05) is 12.9 Å². The Morgan fingerprint density at radius 1 is 1.61 bits per heavy atom. The van der Waals surface area contributed by atoms with Gasteiger partial charge in [0.2, 0.25) is 0 Å². The number of nitrogens with zero attached hydrogens (tertiary/aromatic N) is 1. The summed E-state index contributed by atoms with van der Waals surface area (Å²) in [6, 6.07) is 6.29. The lowest BCUT2D eigenvalue weighted by molar-refractivity contribution is -0.143. The molecule has 5 heteroatoms. The van der Waals surface area contributed by atoms with E-state index >= 15 is 0 Å². The highest BCUT2D eigenvalue weighted by Gasteiger charge is 2.13. The number of methoxy groups -OCH3 is 1. The van der Waals surface area contributed by atoms with Crippen LogP contribution in [-0.4, -0.2) is 18.8 Å². The maximum Gasteiger partial charge on any atom is 0.309 e. The molecule has 0 saturated carbocycles. The zero-order valence-corrected chi connectivity index (χ0v) is 11.1. The van der Waals surface area contributed by atoms with Gasteiger partial charge in [0.1, 0.15) is 5.82 Å². The molecular weight excluding hydrogens is 253 g/mol. The predicted molar refractivity (Wildman–Crippen MR) is 68.5 cm³/mol. The Bertz CT molecular complexity index is 471. The lowest BCUT2D eigenvalue weighted by Gasteiger charge is -2.08. The lowest BCUT2D eigenvalue weighted by atomic mass is 10.1. The molecule has 0 heterocycles. The summed E-state index contributed by atoms with van der Waals surface area (Å²) in [4.78, 5) is 11.2. The van der Waals surface area contributed by atoms with E-state index in [9.17, 15) is 9.18 Å². The summed E-state index contributed by atoms with van der Waals surface area (Å²) >= 11 is 1.46. The number of hydrogen-bond donors (Lipinski definition) is 0. The second-order valence-corrected chi connectivity index (χ2v) is 4.89. The molecule has 0 N–H and O–H groups in total. The number of thioether (sulfide) groups is 1. The smallest absolute Gasteiger partial charge is 0.309 e. The molecule has 0 unspecified atom stereocenters. The van der Waals surface area contributed by atoms with Gasteiger partial charge in [-0.15, -0.1) is 0 Å².